The standard InChI is InChI=1S/C26H19ClI2N2O5/c1-14-3-8-18(12-20(14)27)31-25(33)19(24(32)30-26(31)34)9-16-10-21(29)23(22(11-16)35-2)36-13-15-4-6-17(28)7-5-15/h3-12H,13H2,1-2H3,(H,30,32,34)/b19-9-. The third-order valence-corrected chi connectivity index (χ3v) is 7.30. The van der Waals surface area contributed by atoms with E-state index in [1.54, 1.807) is 24.3 Å². The molecular weight excluding hydrogens is 710 g/mol. The summed E-state index contributed by atoms with van der Waals surface area (Å²) < 4.78 is 13.4. The summed E-state index contributed by atoms with van der Waals surface area (Å²) in [5, 5.41) is 2.62. The van der Waals surface area contributed by atoms with Gasteiger partial charge in [0.25, 0.3) is 11.8 Å². The van der Waals surface area contributed by atoms with Crippen LogP contribution in [0.4, 0.5) is 10.5 Å². The second-order valence-corrected chi connectivity index (χ2v) is 10.7. The van der Waals surface area contributed by atoms with Crippen molar-refractivity contribution in [1.82, 2.24) is 5.32 Å². The number of carbonyl (C=O) groups is 3. The van der Waals surface area contributed by atoms with Crippen LogP contribution in [0.2, 0.25) is 5.02 Å². The number of aryl methyl sites for hydroxylation is 1. The lowest BCUT2D eigenvalue weighted by Gasteiger charge is -2.26. The van der Waals surface area contributed by atoms with Crippen LogP contribution >= 0.6 is 56.8 Å². The molecule has 1 saturated heterocycles. The first-order chi connectivity index (χ1) is 17.2. The van der Waals surface area contributed by atoms with Crippen LogP contribution in [-0.4, -0.2) is 25.0 Å². The zero-order valence-corrected chi connectivity index (χ0v) is 24.2. The first-order valence-electron chi connectivity index (χ1n) is 10.6. The number of hydrogen-bond acceptors (Lipinski definition) is 5. The maximum absolute atomic E-state index is 13.2. The molecule has 1 N–H and O–H groups in total. The summed E-state index contributed by atoms with van der Waals surface area (Å²) in [4.78, 5) is 39.2. The van der Waals surface area contributed by atoms with E-state index in [9.17, 15) is 14.4 Å². The van der Waals surface area contributed by atoms with Gasteiger partial charge in [-0.1, -0.05) is 29.8 Å². The van der Waals surface area contributed by atoms with Crippen molar-refractivity contribution >= 4 is 86.4 Å². The molecule has 0 unspecified atom stereocenters. The number of rotatable bonds is 6. The number of benzene rings is 3. The fraction of sp³-hybridized carbons (Fsp3) is 0.115. The first kappa shape index (κ1) is 26.4. The van der Waals surface area contributed by atoms with Crippen LogP contribution in [0, 0.1) is 14.1 Å². The topological polar surface area (TPSA) is 84.9 Å². The van der Waals surface area contributed by atoms with Gasteiger partial charge in [0.2, 0.25) is 0 Å². The third kappa shape index (κ3) is 5.68. The molecule has 4 amide bonds. The van der Waals surface area contributed by atoms with Crippen LogP contribution in [-0.2, 0) is 16.2 Å². The van der Waals surface area contributed by atoms with Crippen molar-refractivity contribution in [3.8, 4) is 11.5 Å². The summed E-state index contributed by atoms with van der Waals surface area (Å²) in [6.07, 6.45) is 1.42. The van der Waals surface area contributed by atoms with E-state index in [4.69, 9.17) is 21.1 Å². The van der Waals surface area contributed by atoms with Crippen molar-refractivity contribution in [1.29, 1.82) is 0 Å². The van der Waals surface area contributed by atoms with E-state index in [0.29, 0.717) is 28.7 Å². The van der Waals surface area contributed by atoms with Crippen molar-refractivity contribution in [2.45, 2.75) is 13.5 Å². The van der Waals surface area contributed by atoms with Crippen molar-refractivity contribution < 1.29 is 23.9 Å². The SMILES string of the molecule is COc1cc(/C=C2/C(=O)NC(=O)N(c3ccc(C)c(Cl)c3)C2=O)cc(I)c1OCc1ccc(I)cc1. The fourth-order valence-electron chi connectivity index (χ4n) is 3.48. The summed E-state index contributed by atoms with van der Waals surface area (Å²) in [5.41, 5.74) is 2.40. The van der Waals surface area contributed by atoms with Crippen LogP contribution in [0.15, 0.2) is 60.2 Å². The van der Waals surface area contributed by atoms with Gasteiger partial charge in [0.15, 0.2) is 11.5 Å². The molecule has 4 rings (SSSR count). The molecule has 0 saturated carbocycles. The zero-order valence-electron chi connectivity index (χ0n) is 19.1. The Hall–Kier alpha value is -2.64. The third-order valence-electron chi connectivity index (χ3n) is 5.37. The lowest BCUT2D eigenvalue weighted by Crippen LogP contribution is -2.54. The molecule has 1 aliphatic heterocycles. The Morgan fingerprint density at radius 3 is 2.42 bits per heavy atom. The Labute approximate surface area is 240 Å². The van der Waals surface area contributed by atoms with Crippen LogP contribution < -0.4 is 19.7 Å². The van der Waals surface area contributed by atoms with Crippen LogP contribution in [0.3, 0.4) is 0 Å². The molecule has 0 radical (unpaired) electrons. The van der Waals surface area contributed by atoms with Crippen molar-refractivity contribution in [3.05, 3.63) is 89.0 Å². The molecule has 10 heteroatoms. The predicted octanol–water partition coefficient (Wildman–Crippen LogP) is 6.11. The Bertz CT molecular complexity index is 1410. The number of halogens is 3. The predicted molar refractivity (Wildman–Crippen MR) is 154 cm³/mol. The second kappa shape index (κ2) is 11.2. The van der Waals surface area contributed by atoms with E-state index in [0.717, 1.165) is 23.2 Å². The Morgan fingerprint density at radius 2 is 1.75 bits per heavy atom. The normalized spacial score (nSPS) is 14.8. The van der Waals surface area contributed by atoms with Gasteiger partial charge in [-0.05, 0) is 111 Å². The Balaban J connectivity index is 1.64. The summed E-state index contributed by atoms with van der Waals surface area (Å²) in [7, 11) is 1.51. The molecule has 1 aliphatic rings. The highest BCUT2D eigenvalue weighted by atomic mass is 127. The largest absolute Gasteiger partial charge is 0.493 e. The van der Waals surface area contributed by atoms with E-state index in [-0.39, 0.29) is 11.3 Å². The minimum absolute atomic E-state index is 0.197. The summed E-state index contributed by atoms with van der Waals surface area (Å²) in [6, 6.07) is 15.4. The minimum atomic E-state index is -0.839. The molecule has 1 heterocycles. The number of anilines is 1. The molecule has 0 atom stereocenters. The second-order valence-electron chi connectivity index (χ2n) is 7.84. The maximum atomic E-state index is 13.2. The zero-order chi connectivity index (χ0) is 26.0. The molecule has 3 aromatic carbocycles. The van der Waals surface area contributed by atoms with Gasteiger partial charge >= 0.3 is 6.03 Å². The number of hydrogen-bond donors (Lipinski definition) is 1. The van der Waals surface area contributed by atoms with Gasteiger partial charge in [0, 0.05) is 8.59 Å². The molecule has 0 spiro atoms. The highest BCUT2D eigenvalue weighted by Crippen LogP contribution is 2.36. The van der Waals surface area contributed by atoms with Crippen molar-refractivity contribution in [2.75, 3.05) is 12.0 Å². The lowest BCUT2D eigenvalue weighted by molar-refractivity contribution is -0.122. The highest BCUT2D eigenvalue weighted by Gasteiger charge is 2.37. The average molecular weight is 729 g/mol. The van der Waals surface area contributed by atoms with Crippen molar-refractivity contribution in [2.24, 2.45) is 0 Å². The van der Waals surface area contributed by atoms with E-state index in [1.165, 1.54) is 19.3 Å². The van der Waals surface area contributed by atoms with Gasteiger partial charge in [-0.15, -0.1) is 0 Å². The number of ether oxygens (including phenoxy) is 2. The molecule has 184 valence electrons. The monoisotopic (exact) mass is 728 g/mol. The van der Waals surface area contributed by atoms with Crippen LogP contribution in [0.25, 0.3) is 6.08 Å². The quantitative estimate of drug-likeness (QED) is 0.188. The summed E-state index contributed by atoms with van der Waals surface area (Å²) in [5.74, 6) is -0.547. The molecule has 0 aromatic heterocycles. The Kier molecular flexibility index (Phi) is 8.20. The van der Waals surface area contributed by atoms with E-state index in [1.807, 2.05) is 31.2 Å². The van der Waals surface area contributed by atoms with Gasteiger partial charge in [-0.2, -0.15) is 0 Å². The molecule has 3 aromatic rings. The fourth-order valence-corrected chi connectivity index (χ4v) is 4.79. The number of barbiturate groups is 1. The van der Waals surface area contributed by atoms with Gasteiger partial charge in [-0.3, -0.25) is 14.9 Å². The highest BCUT2D eigenvalue weighted by molar-refractivity contribution is 14.1. The lowest BCUT2D eigenvalue weighted by atomic mass is 10.1. The summed E-state index contributed by atoms with van der Waals surface area (Å²) in [6.45, 7) is 2.16. The molecule has 0 aliphatic carbocycles. The molecular formula is C26H19ClI2N2O5. The van der Waals surface area contributed by atoms with Crippen molar-refractivity contribution in [3.63, 3.8) is 0 Å². The summed E-state index contributed by atoms with van der Waals surface area (Å²) >= 11 is 10.5. The average Bonchev–Trinajstić information content (AvgIpc) is 2.84. The van der Waals surface area contributed by atoms with Crippen LogP contribution in [0.1, 0.15) is 16.7 Å². The number of nitrogens with zero attached hydrogens (tertiary/aromatic N) is 1. The smallest absolute Gasteiger partial charge is 0.335 e. The van der Waals surface area contributed by atoms with E-state index in [2.05, 4.69) is 50.5 Å². The van der Waals surface area contributed by atoms with Gasteiger partial charge in [-0.25, -0.2) is 9.69 Å². The maximum Gasteiger partial charge on any atom is 0.335 e. The van der Waals surface area contributed by atoms with Gasteiger partial charge in [0.05, 0.1) is 16.4 Å². The number of carbonyl (C=O) groups excluding carboxylic acids is 3. The van der Waals surface area contributed by atoms with Crippen LogP contribution in [0.5, 0.6) is 11.5 Å². The number of imide groups is 2. The first-order valence-corrected chi connectivity index (χ1v) is 13.1. The molecule has 7 nitrogen and oxygen atoms in total. The molecule has 36 heavy (non-hydrogen) atoms. The van der Waals surface area contributed by atoms with E-state index >= 15 is 0 Å². The number of nitrogens with one attached hydrogen (secondary N) is 1. The van der Waals surface area contributed by atoms with E-state index < -0.39 is 17.8 Å². The molecule has 0 bridgehead atoms. The number of methoxy groups -OCH3 is 1. The van der Waals surface area contributed by atoms with Gasteiger partial charge in [0.1, 0.15) is 12.2 Å². The molecule has 1 fully saturated rings. The minimum Gasteiger partial charge on any atom is -0.493 e. The number of urea groups is 1. The van der Waals surface area contributed by atoms with Gasteiger partial charge < -0.3 is 9.47 Å². The Morgan fingerprint density at radius 1 is 1.03 bits per heavy atom. The number of amides is 4.